The number of hydrogen-bond donors (Lipinski definition) is 1. The number of amides is 3. The molecule has 9 heteroatoms. The maximum atomic E-state index is 13.2. The van der Waals surface area contributed by atoms with Crippen molar-refractivity contribution in [3.8, 4) is 11.4 Å². The van der Waals surface area contributed by atoms with Gasteiger partial charge in [0, 0.05) is 43.5 Å². The maximum Gasteiger partial charge on any atom is 0.319 e. The second kappa shape index (κ2) is 9.21. The first-order valence-electron chi connectivity index (χ1n) is 12.1. The zero-order valence-corrected chi connectivity index (χ0v) is 19.8. The van der Waals surface area contributed by atoms with E-state index in [2.05, 4.69) is 16.8 Å². The fraction of sp³-hybridized carbons (Fsp3) is 0.520. The molecule has 2 heterocycles. The van der Waals surface area contributed by atoms with E-state index in [4.69, 9.17) is 15.5 Å². The first-order chi connectivity index (χ1) is 16.4. The van der Waals surface area contributed by atoms with Crippen LogP contribution in [0, 0.1) is 5.92 Å². The van der Waals surface area contributed by atoms with Gasteiger partial charge in [-0.3, -0.25) is 9.69 Å². The van der Waals surface area contributed by atoms with E-state index in [0.717, 1.165) is 36.5 Å². The highest BCUT2D eigenvalue weighted by Gasteiger charge is 2.33. The smallest absolute Gasteiger partial charge is 0.319 e. The molecule has 3 fully saturated rings. The van der Waals surface area contributed by atoms with Crippen LogP contribution in [0.4, 0.5) is 16.3 Å². The molecule has 2 aliphatic carbocycles. The monoisotopic (exact) mass is 464 g/mol. The Morgan fingerprint density at radius 2 is 1.88 bits per heavy atom. The normalized spacial score (nSPS) is 20.2. The first-order valence-corrected chi connectivity index (χ1v) is 12.1. The molecule has 0 unspecified atom stereocenters. The first kappa shape index (κ1) is 22.6. The number of ether oxygens (including phenoxy) is 1. The summed E-state index contributed by atoms with van der Waals surface area (Å²) < 4.78 is 5.59. The van der Waals surface area contributed by atoms with Crippen molar-refractivity contribution in [1.82, 2.24) is 14.9 Å². The van der Waals surface area contributed by atoms with Gasteiger partial charge in [0.2, 0.25) is 0 Å². The minimum atomic E-state index is -0.443. The molecule has 3 amide bonds. The molecule has 0 bridgehead atoms. The Morgan fingerprint density at radius 3 is 2.50 bits per heavy atom. The van der Waals surface area contributed by atoms with Gasteiger partial charge in [-0.15, -0.1) is 0 Å². The standard InChI is InChI=1S/C25H32N6O3/c1-16-15-34-12-11-30(16)22-13-21(24(32)29(2)14-17-3-4-17)27-23(28-22)18-5-7-19(8-6-18)31(25(26)33)20-9-10-20/h5-8,13,16-17,20H,3-4,9-12,14-15H2,1-2H3,(H2,26,33)/t16-/m0/s1. The molecule has 5 rings (SSSR count). The van der Waals surface area contributed by atoms with Crippen molar-refractivity contribution in [3.63, 3.8) is 0 Å². The largest absolute Gasteiger partial charge is 0.377 e. The number of nitrogens with zero attached hydrogens (tertiary/aromatic N) is 5. The second-order valence-corrected chi connectivity index (χ2v) is 9.67. The van der Waals surface area contributed by atoms with E-state index in [9.17, 15) is 9.59 Å². The van der Waals surface area contributed by atoms with Crippen LogP contribution in [0.1, 0.15) is 43.1 Å². The summed E-state index contributed by atoms with van der Waals surface area (Å²) in [6.07, 6.45) is 4.29. The lowest BCUT2D eigenvalue weighted by Crippen LogP contribution is -2.44. The van der Waals surface area contributed by atoms with Crippen LogP contribution >= 0.6 is 0 Å². The molecule has 180 valence electrons. The number of anilines is 2. The highest BCUT2D eigenvalue weighted by molar-refractivity contribution is 5.94. The van der Waals surface area contributed by atoms with E-state index in [0.29, 0.717) is 37.2 Å². The van der Waals surface area contributed by atoms with Crippen LogP contribution in [-0.2, 0) is 4.74 Å². The van der Waals surface area contributed by atoms with E-state index in [1.807, 2.05) is 31.3 Å². The SMILES string of the molecule is C[C@H]1COCCN1c1cc(C(=O)N(C)CC2CC2)nc(-c2ccc(N(C(N)=O)C3CC3)cc2)n1. The van der Waals surface area contributed by atoms with Gasteiger partial charge in [0.05, 0.1) is 19.3 Å². The zero-order valence-electron chi connectivity index (χ0n) is 19.8. The Bertz CT molecular complexity index is 1070. The van der Waals surface area contributed by atoms with Crippen LogP contribution in [-0.4, -0.2) is 72.2 Å². The number of morpholine rings is 1. The maximum absolute atomic E-state index is 13.2. The van der Waals surface area contributed by atoms with Crippen LogP contribution in [0.25, 0.3) is 11.4 Å². The molecule has 2 N–H and O–H groups in total. The van der Waals surface area contributed by atoms with Crippen LogP contribution in [0.5, 0.6) is 0 Å². The van der Waals surface area contributed by atoms with Crippen molar-refractivity contribution < 1.29 is 14.3 Å². The topological polar surface area (TPSA) is 105 Å². The molecule has 1 aromatic heterocycles. The molecule has 34 heavy (non-hydrogen) atoms. The number of hydrogen-bond acceptors (Lipinski definition) is 6. The number of benzene rings is 1. The van der Waals surface area contributed by atoms with Crippen LogP contribution < -0.4 is 15.5 Å². The molecule has 0 radical (unpaired) electrons. The molecule has 2 aromatic rings. The number of urea groups is 1. The number of nitrogens with two attached hydrogens (primary N) is 1. The van der Waals surface area contributed by atoms with Crippen LogP contribution in [0.15, 0.2) is 30.3 Å². The molecule has 1 atom stereocenters. The average molecular weight is 465 g/mol. The molecular weight excluding hydrogens is 432 g/mol. The summed E-state index contributed by atoms with van der Waals surface area (Å²) in [4.78, 5) is 40.2. The third kappa shape index (κ3) is 4.84. The van der Waals surface area contributed by atoms with Crippen molar-refractivity contribution in [2.75, 3.05) is 43.2 Å². The van der Waals surface area contributed by atoms with Gasteiger partial charge in [-0.2, -0.15) is 0 Å². The predicted molar refractivity (Wildman–Crippen MR) is 130 cm³/mol. The highest BCUT2D eigenvalue weighted by Crippen LogP contribution is 2.33. The number of carbonyl (C=O) groups excluding carboxylic acids is 2. The zero-order chi connectivity index (χ0) is 23.8. The molecule has 0 spiro atoms. The molecule has 3 aliphatic rings. The fourth-order valence-electron chi connectivity index (χ4n) is 4.48. The summed E-state index contributed by atoms with van der Waals surface area (Å²) in [7, 11) is 1.84. The summed E-state index contributed by atoms with van der Waals surface area (Å²) in [5.41, 5.74) is 7.53. The second-order valence-electron chi connectivity index (χ2n) is 9.67. The molecule has 1 aromatic carbocycles. The van der Waals surface area contributed by atoms with Gasteiger partial charge >= 0.3 is 6.03 Å². The van der Waals surface area contributed by atoms with E-state index >= 15 is 0 Å². The summed E-state index contributed by atoms with van der Waals surface area (Å²) >= 11 is 0. The lowest BCUT2D eigenvalue weighted by molar-refractivity contribution is 0.0782. The number of primary amides is 1. The molecule has 9 nitrogen and oxygen atoms in total. The Hall–Kier alpha value is -3.20. The van der Waals surface area contributed by atoms with Crippen molar-refractivity contribution in [2.24, 2.45) is 11.7 Å². The molecule has 2 saturated carbocycles. The summed E-state index contributed by atoms with van der Waals surface area (Å²) in [5, 5.41) is 0. The minimum Gasteiger partial charge on any atom is -0.377 e. The Balaban J connectivity index is 1.48. The van der Waals surface area contributed by atoms with Crippen molar-refractivity contribution in [2.45, 2.75) is 44.7 Å². The number of aromatic nitrogens is 2. The molecular formula is C25H32N6O3. The van der Waals surface area contributed by atoms with Crippen LogP contribution in [0.3, 0.4) is 0 Å². The van der Waals surface area contributed by atoms with Gasteiger partial charge in [0.15, 0.2) is 5.82 Å². The Labute approximate surface area is 199 Å². The summed E-state index contributed by atoms with van der Waals surface area (Å²) in [6, 6.07) is 9.19. The number of rotatable bonds is 7. The Kier molecular flexibility index (Phi) is 6.12. The van der Waals surface area contributed by atoms with Crippen molar-refractivity contribution >= 4 is 23.4 Å². The Morgan fingerprint density at radius 1 is 1.15 bits per heavy atom. The minimum absolute atomic E-state index is 0.0945. The fourth-order valence-corrected chi connectivity index (χ4v) is 4.48. The lowest BCUT2D eigenvalue weighted by Gasteiger charge is -2.34. The predicted octanol–water partition coefficient (Wildman–Crippen LogP) is 2.90. The van der Waals surface area contributed by atoms with Crippen molar-refractivity contribution in [3.05, 3.63) is 36.0 Å². The summed E-state index contributed by atoms with van der Waals surface area (Å²) in [6.45, 7) is 4.78. The van der Waals surface area contributed by atoms with E-state index in [1.54, 1.807) is 15.9 Å². The van der Waals surface area contributed by atoms with Gasteiger partial charge in [-0.25, -0.2) is 14.8 Å². The van der Waals surface area contributed by atoms with E-state index in [1.165, 1.54) is 12.8 Å². The highest BCUT2D eigenvalue weighted by atomic mass is 16.5. The van der Waals surface area contributed by atoms with Crippen molar-refractivity contribution in [1.29, 1.82) is 0 Å². The third-order valence-corrected chi connectivity index (χ3v) is 6.72. The van der Waals surface area contributed by atoms with Gasteiger partial charge in [-0.05, 0) is 62.8 Å². The quantitative estimate of drug-likeness (QED) is 0.676. The van der Waals surface area contributed by atoms with E-state index < -0.39 is 6.03 Å². The molecule has 1 saturated heterocycles. The van der Waals surface area contributed by atoms with Gasteiger partial charge < -0.3 is 20.3 Å². The molecule has 1 aliphatic heterocycles. The van der Waals surface area contributed by atoms with Gasteiger partial charge in [-0.1, -0.05) is 0 Å². The van der Waals surface area contributed by atoms with E-state index in [-0.39, 0.29) is 18.0 Å². The van der Waals surface area contributed by atoms with Gasteiger partial charge in [0.25, 0.3) is 5.91 Å². The average Bonchev–Trinajstić information content (AvgIpc) is 3.76. The summed E-state index contributed by atoms with van der Waals surface area (Å²) in [5.74, 6) is 1.72. The number of carbonyl (C=O) groups is 2. The van der Waals surface area contributed by atoms with Crippen LogP contribution in [0.2, 0.25) is 0 Å². The lowest BCUT2D eigenvalue weighted by atomic mass is 10.1. The van der Waals surface area contributed by atoms with Gasteiger partial charge in [0.1, 0.15) is 11.5 Å². The third-order valence-electron chi connectivity index (χ3n) is 6.72.